The van der Waals surface area contributed by atoms with Crippen LogP contribution < -0.4 is 0 Å². The van der Waals surface area contributed by atoms with Gasteiger partial charge in [-0.15, -0.1) is 0 Å². The quantitative estimate of drug-likeness (QED) is 0.784. The molecule has 0 bridgehead atoms. The summed E-state index contributed by atoms with van der Waals surface area (Å²) >= 11 is 0. The zero-order valence-corrected chi connectivity index (χ0v) is 9.34. The van der Waals surface area contributed by atoms with E-state index in [2.05, 4.69) is 5.10 Å². The van der Waals surface area contributed by atoms with Gasteiger partial charge in [-0.3, -0.25) is 4.79 Å². The molecule has 4 nitrogen and oxygen atoms in total. The molecule has 1 aliphatic heterocycles. The van der Waals surface area contributed by atoms with Gasteiger partial charge in [-0.2, -0.15) is 5.10 Å². The standard InChI is InChI=1S/C12H14N2O2/c1-8-7-12(14(13-8)9(2)15)10-3-5-11(16)6-4-10/h3-6,12,16H,7H2,1-2H3/t12-/m1/s1. The van der Waals surface area contributed by atoms with Crippen LogP contribution in [0.2, 0.25) is 0 Å². The molecular formula is C12H14N2O2. The van der Waals surface area contributed by atoms with Gasteiger partial charge in [0.15, 0.2) is 0 Å². The maximum Gasteiger partial charge on any atom is 0.240 e. The second-order valence-corrected chi connectivity index (χ2v) is 4.01. The highest BCUT2D eigenvalue weighted by Crippen LogP contribution is 2.31. The smallest absolute Gasteiger partial charge is 0.240 e. The molecule has 0 aliphatic carbocycles. The van der Waals surface area contributed by atoms with Gasteiger partial charge in [-0.05, 0) is 24.6 Å². The first kappa shape index (κ1) is 10.7. The highest BCUT2D eigenvalue weighted by molar-refractivity contribution is 5.87. The monoisotopic (exact) mass is 218 g/mol. The summed E-state index contributed by atoms with van der Waals surface area (Å²) in [5.41, 5.74) is 1.95. The second kappa shape index (κ2) is 3.96. The van der Waals surface area contributed by atoms with Crippen LogP contribution in [-0.2, 0) is 4.79 Å². The SMILES string of the molecule is CC(=O)N1N=C(C)C[C@@H]1c1ccc(O)cc1. The Morgan fingerprint density at radius 2 is 2.06 bits per heavy atom. The van der Waals surface area contributed by atoms with Gasteiger partial charge >= 0.3 is 0 Å². The van der Waals surface area contributed by atoms with Crippen molar-refractivity contribution in [1.29, 1.82) is 0 Å². The number of hydrogen-bond acceptors (Lipinski definition) is 3. The third-order valence-electron chi connectivity index (χ3n) is 2.66. The van der Waals surface area contributed by atoms with Crippen LogP contribution in [0.25, 0.3) is 0 Å². The highest BCUT2D eigenvalue weighted by atomic mass is 16.3. The largest absolute Gasteiger partial charge is 0.508 e. The van der Waals surface area contributed by atoms with Crippen molar-refractivity contribution in [1.82, 2.24) is 5.01 Å². The lowest BCUT2D eigenvalue weighted by molar-refractivity contribution is -0.130. The summed E-state index contributed by atoms with van der Waals surface area (Å²) in [5.74, 6) is 0.170. The van der Waals surface area contributed by atoms with Crippen molar-refractivity contribution in [2.24, 2.45) is 5.10 Å². The third kappa shape index (κ3) is 1.91. The third-order valence-corrected chi connectivity index (χ3v) is 2.66. The number of aromatic hydroxyl groups is 1. The van der Waals surface area contributed by atoms with Gasteiger partial charge in [-0.1, -0.05) is 12.1 Å². The molecule has 4 heteroatoms. The van der Waals surface area contributed by atoms with E-state index in [4.69, 9.17) is 0 Å². The molecule has 0 saturated carbocycles. The van der Waals surface area contributed by atoms with Crippen LogP contribution in [-0.4, -0.2) is 21.7 Å². The summed E-state index contributed by atoms with van der Waals surface area (Å²) < 4.78 is 0. The summed E-state index contributed by atoms with van der Waals surface area (Å²) in [6.07, 6.45) is 0.754. The Bertz CT molecular complexity index is 437. The predicted octanol–water partition coefficient (Wildman–Crippen LogP) is 2.06. The lowest BCUT2D eigenvalue weighted by Crippen LogP contribution is -2.24. The molecule has 1 N–H and O–H groups in total. The predicted molar refractivity (Wildman–Crippen MR) is 61.1 cm³/mol. The fourth-order valence-corrected chi connectivity index (χ4v) is 1.91. The normalized spacial score (nSPS) is 19.8. The van der Waals surface area contributed by atoms with Crippen LogP contribution in [0, 0.1) is 0 Å². The molecule has 0 fully saturated rings. The zero-order valence-electron chi connectivity index (χ0n) is 9.34. The lowest BCUT2D eigenvalue weighted by atomic mass is 10.0. The minimum absolute atomic E-state index is 0.0295. The lowest BCUT2D eigenvalue weighted by Gasteiger charge is -2.20. The molecule has 1 aromatic rings. The fourth-order valence-electron chi connectivity index (χ4n) is 1.91. The Kier molecular flexibility index (Phi) is 2.64. The van der Waals surface area contributed by atoms with E-state index in [1.54, 1.807) is 12.1 Å². The van der Waals surface area contributed by atoms with Crippen LogP contribution in [0.3, 0.4) is 0 Å². The Hall–Kier alpha value is -1.84. The van der Waals surface area contributed by atoms with Gasteiger partial charge in [0, 0.05) is 19.1 Å². The number of phenols is 1. The average Bonchev–Trinajstić information content (AvgIpc) is 2.61. The van der Waals surface area contributed by atoms with Crippen molar-refractivity contribution >= 4 is 11.6 Å². The van der Waals surface area contributed by atoms with Crippen molar-refractivity contribution < 1.29 is 9.90 Å². The zero-order chi connectivity index (χ0) is 11.7. The van der Waals surface area contributed by atoms with Crippen LogP contribution in [0.5, 0.6) is 5.75 Å². The van der Waals surface area contributed by atoms with Gasteiger partial charge in [0.25, 0.3) is 0 Å². The Balaban J connectivity index is 2.28. The van der Waals surface area contributed by atoms with Crippen molar-refractivity contribution in [2.75, 3.05) is 0 Å². The Labute approximate surface area is 94.2 Å². The maximum absolute atomic E-state index is 11.4. The molecule has 1 amide bonds. The molecule has 1 atom stereocenters. The summed E-state index contributed by atoms with van der Waals surface area (Å²) in [7, 11) is 0. The van der Waals surface area contributed by atoms with Gasteiger partial charge < -0.3 is 5.11 Å². The van der Waals surface area contributed by atoms with E-state index < -0.39 is 0 Å². The molecule has 0 aromatic heterocycles. The Morgan fingerprint density at radius 1 is 1.44 bits per heavy atom. The molecule has 2 rings (SSSR count). The average molecular weight is 218 g/mol. The van der Waals surface area contributed by atoms with E-state index >= 15 is 0 Å². The number of hydrazone groups is 1. The summed E-state index contributed by atoms with van der Waals surface area (Å²) in [4.78, 5) is 11.4. The maximum atomic E-state index is 11.4. The van der Waals surface area contributed by atoms with Crippen molar-refractivity contribution in [3.05, 3.63) is 29.8 Å². The van der Waals surface area contributed by atoms with Gasteiger partial charge in [0.1, 0.15) is 5.75 Å². The minimum atomic E-state index is -0.0603. The van der Waals surface area contributed by atoms with Crippen molar-refractivity contribution in [3.8, 4) is 5.75 Å². The molecule has 16 heavy (non-hydrogen) atoms. The number of benzene rings is 1. The van der Waals surface area contributed by atoms with Gasteiger partial charge in [0.05, 0.1) is 6.04 Å². The molecule has 0 radical (unpaired) electrons. The molecule has 1 heterocycles. The number of nitrogens with zero attached hydrogens (tertiary/aromatic N) is 2. The molecule has 0 saturated heterocycles. The van der Waals surface area contributed by atoms with Crippen LogP contribution in [0.4, 0.5) is 0 Å². The summed E-state index contributed by atoms with van der Waals surface area (Å²) in [6, 6.07) is 6.87. The van der Waals surface area contributed by atoms with Gasteiger partial charge in [0.2, 0.25) is 5.91 Å². The number of rotatable bonds is 1. The number of hydrogen-bond donors (Lipinski definition) is 1. The van der Waals surface area contributed by atoms with E-state index in [1.165, 1.54) is 11.9 Å². The summed E-state index contributed by atoms with van der Waals surface area (Å²) in [6.45, 7) is 3.42. The molecule has 0 unspecified atom stereocenters. The van der Waals surface area contributed by atoms with Gasteiger partial charge in [-0.25, -0.2) is 5.01 Å². The first-order valence-electron chi connectivity index (χ1n) is 5.20. The molecule has 84 valence electrons. The summed E-state index contributed by atoms with van der Waals surface area (Å²) in [5, 5.41) is 14.9. The molecule has 0 spiro atoms. The van der Waals surface area contributed by atoms with E-state index in [1.807, 2.05) is 19.1 Å². The molecule has 1 aromatic carbocycles. The van der Waals surface area contributed by atoms with Crippen LogP contribution >= 0.6 is 0 Å². The minimum Gasteiger partial charge on any atom is -0.508 e. The number of carbonyl (C=O) groups is 1. The fraction of sp³-hybridized carbons (Fsp3) is 0.333. The van der Waals surface area contributed by atoms with Crippen molar-refractivity contribution in [3.63, 3.8) is 0 Å². The molecule has 1 aliphatic rings. The van der Waals surface area contributed by atoms with Crippen molar-refractivity contribution in [2.45, 2.75) is 26.3 Å². The van der Waals surface area contributed by atoms with Crippen LogP contribution in [0.1, 0.15) is 31.9 Å². The Morgan fingerprint density at radius 3 is 2.62 bits per heavy atom. The van der Waals surface area contributed by atoms with Crippen LogP contribution in [0.15, 0.2) is 29.4 Å². The molecular weight excluding hydrogens is 204 g/mol. The highest BCUT2D eigenvalue weighted by Gasteiger charge is 2.28. The number of amides is 1. The second-order valence-electron chi connectivity index (χ2n) is 4.01. The number of phenolic OH excluding ortho intramolecular Hbond substituents is 1. The number of carbonyl (C=O) groups excluding carboxylic acids is 1. The first-order valence-corrected chi connectivity index (χ1v) is 5.20. The van der Waals surface area contributed by atoms with E-state index in [0.29, 0.717) is 0 Å². The van der Waals surface area contributed by atoms with E-state index in [9.17, 15) is 9.90 Å². The van der Waals surface area contributed by atoms with E-state index in [0.717, 1.165) is 17.7 Å². The topological polar surface area (TPSA) is 52.9 Å². The van der Waals surface area contributed by atoms with E-state index in [-0.39, 0.29) is 17.7 Å². The first-order chi connectivity index (χ1) is 7.58.